The third kappa shape index (κ3) is 3.45. The second-order valence-corrected chi connectivity index (χ2v) is 3.62. The van der Waals surface area contributed by atoms with Crippen LogP contribution in [0.4, 0.5) is 8.78 Å². The van der Waals surface area contributed by atoms with Gasteiger partial charge in [-0.1, -0.05) is 0 Å². The minimum absolute atomic E-state index is 0.0301. The number of hydrogen-bond donors (Lipinski definition) is 1. The van der Waals surface area contributed by atoms with Crippen LogP contribution in [0.3, 0.4) is 0 Å². The molecule has 0 aliphatic carbocycles. The third-order valence-corrected chi connectivity index (χ3v) is 2.50. The average molecular weight is 269 g/mol. The maximum Gasteiger partial charge on any atom is 0.310 e. The molecule has 1 aromatic heterocycles. The summed E-state index contributed by atoms with van der Waals surface area (Å²) in [7, 11) is 0. The molecule has 1 rings (SSSR count). The number of nitrogens with zero attached hydrogens (tertiary/aromatic N) is 2. The van der Waals surface area contributed by atoms with Crippen LogP contribution in [-0.4, -0.2) is 17.6 Å². The molecule has 7 heteroatoms. The molecule has 0 fully saturated rings. The molecular weight excluding hydrogens is 256 g/mol. The first-order valence-electron chi connectivity index (χ1n) is 5.59. The maximum atomic E-state index is 12.9. The Bertz CT molecular complexity index is 512. The highest BCUT2D eigenvalue weighted by Crippen LogP contribution is 2.26. The van der Waals surface area contributed by atoms with E-state index in [2.05, 4.69) is 4.98 Å². The Hall–Kier alpha value is -2.07. The van der Waals surface area contributed by atoms with Crippen LogP contribution < -0.4 is 5.73 Å². The van der Waals surface area contributed by atoms with Gasteiger partial charge in [0.15, 0.2) is 0 Å². The summed E-state index contributed by atoms with van der Waals surface area (Å²) >= 11 is 0. The number of carbonyl (C=O) groups excluding carboxylic acids is 1. The summed E-state index contributed by atoms with van der Waals surface area (Å²) in [6.07, 6.45) is -2.25. The number of aromatic nitrogens is 1. The number of nitrogens with two attached hydrogens (primary N) is 1. The molecule has 2 N–H and O–H groups in total. The molecule has 0 aliphatic rings. The lowest BCUT2D eigenvalue weighted by Crippen LogP contribution is -2.15. The molecule has 1 heterocycles. The molecule has 0 aliphatic heterocycles. The highest BCUT2D eigenvalue weighted by Gasteiger charge is 2.22. The Kier molecular flexibility index (Phi) is 5.33. The van der Waals surface area contributed by atoms with Gasteiger partial charge < -0.3 is 10.5 Å². The summed E-state index contributed by atoms with van der Waals surface area (Å²) in [5.41, 5.74) is 5.20. The molecule has 0 radical (unpaired) electrons. The first kappa shape index (κ1) is 15.0. The van der Waals surface area contributed by atoms with E-state index >= 15 is 0 Å². The molecule has 0 unspecified atom stereocenters. The molecule has 102 valence electrons. The Morgan fingerprint density at radius 2 is 2.26 bits per heavy atom. The minimum atomic E-state index is -2.80. The number of nitriles is 1. The number of hydrogen-bond acceptors (Lipinski definition) is 5. The number of halogens is 2. The standard InChI is InChI=1S/C12H13F2N3O2/c1-2-19-11(18)3-7-8(4-15)10(5-16)17-6-9(7)12(13)14/h6,12H,2-4,15H2,1H3. The van der Waals surface area contributed by atoms with Gasteiger partial charge in [-0.3, -0.25) is 4.79 Å². The lowest BCUT2D eigenvalue weighted by atomic mass is 9.98. The van der Waals surface area contributed by atoms with Gasteiger partial charge in [-0.2, -0.15) is 5.26 Å². The van der Waals surface area contributed by atoms with E-state index in [1.165, 1.54) is 0 Å². The number of alkyl halides is 2. The number of esters is 1. The smallest absolute Gasteiger partial charge is 0.310 e. The van der Waals surface area contributed by atoms with E-state index in [4.69, 9.17) is 15.7 Å². The molecule has 5 nitrogen and oxygen atoms in total. The Morgan fingerprint density at radius 1 is 1.58 bits per heavy atom. The zero-order chi connectivity index (χ0) is 14.4. The van der Waals surface area contributed by atoms with Gasteiger partial charge in [0.2, 0.25) is 0 Å². The lowest BCUT2D eigenvalue weighted by molar-refractivity contribution is -0.142. The molecule has 0 spiro atoms. The van der Waals surface area contributed by atoms with Crippen molar-refractivity contribution in [2.45, 2.75) is 26.3 Å². The highest BCUT2D eigenvalue weighted by molar-refractivity contribution is 5.74. The predicted octanol–water partition coefficient (Wildman–Crippen LogP) is 1.46. The molecule has 0 saturated heterocycles. The van der Waals surface area contributed by atoms with E-state index in [9.17, 15) is 13.6 Å². The van der Waals surface area contributed by atoms with Crippen LogP contribution in [0, 0.1) is 11.3 Å². The van der Waals surface area contributed by atoms with Crippen LogP contribution in [0.25, 0.3) is 0 Å². The first-order valence-corrected chi connectivity index (χ1v) is 5.59. The summed E-state index contributed by atoms with van der Waals surface area (Å²) in [6.45, 7) is 1.62. The first-order chi connectivity index (χ1) is 9.04. The summed E-state index contributed by atoms with van der Waals surface area (Å²) in [5, 5.41) is 8.87. The largest absolute Gasteiger partial charge is 0.466 e. The van der Waals surface area contributed by atoms with Crippen molar-refractivity contribution in [3.8, 4) is 6.07 Å². The van der Waals surface area contributed by atoms with Crippen LogP contribution in [0.15, 0.2) is 6.20 Å². The van der Waals surface area contributed by atoms with Gasteiger partial charge >= 0.3 is 5.97 Å². The SMILES string of the molecule is CCOC(=O)Cc1c(C(F)F)cnc(C#N)c1CN. The number of rotatable bonds is 5. The van der Waals surface area contributed by atoms with Gasteiger partial charge in [-0.15, -0.1) is 0 Å². The van der Waals surface area contributed by atoms with Gasteiger partial charge in [0.1, 0.15) is 11.8 Å². The average Bonchev–Trinajstić information content (AvgIpc) is 2.37. The fourth-order valence-corrected chi connectivity index (χ4v) is 1.68. The van der Waals surface area contributed by atoms with Crippen molar-refractivity contribution in [3.63, 3.8) is 0 Å². The molecule has 0 amide bonds. The topological polar surface area (TPSA) is 89.0 Å². The second kappa shape index (κ2) is 6.75. The van der Waals surface area contributed by atoms with E-state index in [0.29, 0.717) is 0 Å². The lowest BCUT2D eigenvalue weighted by Gasteiger charge is -2.13. The van der Waals surface area contributed by atoms with Crippen molar-refractivity contribution in [2.24, 2.45) is 5.73 Å². The zero-order valence-corrected chi connectivity index (χ0v) is 10.3. The van der Waals surface area contributed by atoms with Crippen LogP contribution in [0.2, 0.25) is 0 Å². The summed E-state index contributed by atoms with van der Waals surface area (Å²) < 4.78 is 30.5. The number of pyridine rings is 1. The quantitative estimate of drug-likeness (QED) is 0.817. The molecule has 0 aromatic carbocycles. The van der Waals surface area contributed by atoms with Crippen molar-refractivity contribution in [2.75, 3.05) is 6.61 Å². The van der Waals surface area contributed by atoms with E-state index in [0.717, 1.165) is 6.20 Å². The van der Waals surface area contributed by atoms with Gasteiger partial charge in [0, 0.05) is 23.9 Å². The van der Waals surface area contributed by atoms with Crippen molar-refractivity contribution < 1.29 is 18.3 Å². The Morgan fingerprint density at radius 3 is 2.74 bits per heavy atom. The van der Waals surface area contributed by atoms with Crippen LogP contribution in [-0.2, 0) is 22.5 Å². The molecule has 1 aromatic rings. The third-order valence-electron chi connectivity index (χ3n) is 2.50. The molecule has 0 saturated carbocycles. The van der Waals surface area contributed by atoms with Crippen LogP contribution in [0.5, 0.6) is 0 Å². The number of carbonyl (C=O) groups is 1. The predicted molar refractivity (Wildman–Crippen MR) is 62.1 cm³/mol. The second-order valence-electron chi connectivity index (χ2n) is 3.62. The normalized spacial score (nSPS) is 10.3. The van der Waals surface area contributed by atoms with Crippen LogP contribution >= 0.6 is 0 Å². The maximum absolute atomic E-state index is 12.9. The Labute approximate surface area is 109 Å². The zero-order valence-electron chi connectivity index (χ0n) is 10.3. The van der Waals surface area contributed by atoms with Gasteiger partial charge in [0.05, 0.1) is 13.0 Å². The van der Waals surface area contributed by atoms with Crippen molar-refractivity contribution >= 4 is 5.97 Å². The molecule has 0 atom stereocenters. The van der Waals surface area contributed by atoms with E-state index in [1.54, 1.807) is 13.0 Å². The van der Waals surface area contributed by atoms with Gasteiger partial charge in [-0.05, 0) is 12.5 Å². The Balaban J connectivity index is 3.30. The van der Waals surface area contributed by atoms with Gasteiger partial charge in [0.25, 0.3) is 6.43 Å². The summed E-state index contributed by atoms with van der Waals surface area (Å²) in [4.78, 5) is 15.1. The van der Waals surface area contributed by atoms with Crippen molar-refractivity contribution in [3.05, 3.63) is 28.6 Å². The van der Waals surface area contributed by atoms with Crippen LogP contribution in [0.1, 0.15) is 35.7 Å². The van der Waals surface area contributed by atoms with E-state index < -0.39 is 18.0 Å². The fraction of sp³-hybridized carbons (Fsp3) is 0.417. The van der Waals surface area contributed by atoms with E-state index in [1.807, 2.05) is 0 Å². The summed E-state index contributed by atoms with van der Waals surface area (Å²) in [5.74, 6) is -0.644. The molecular formula is C12H13F2N3O2. The minimum Gasteiger partial charge on any atom is -0.466 e. The fourth-order valence-electron chi connectivity index (χ4n) is 1.68. The molecule has 0 bridgehead atoms. The van der Waals surface area contributed by atoms with Crippen molar-refractivity contribution in [1.29, 1.82) is 5.26 Å². The van der Waals surface area contributed by atoms with Crippen molar-refractivity contribution in [1.82, 2.24) is 4.98 Å². The highest BCUT2D eigenvalue weighted by atomic mass is 19.3. The molecule has 19 heavy (non-hydrogen) atoms. The van der Waals surface area contributed by atoms with Gasteiger partial charge in [-0.25, -0.2) is 13.8 Å². The monoisotopic (exact) mass is 269 g/mol. The summed E-state index contributed by atoms with van der Waals surface area (Å²) in [6, 6.07) is 1.77. The van der Waals surface area contributed by atoms with E-state index in [-0.39, 0.29) is 36.4 Å². The number of ether oxygens (including phenoxy) is 1.